The van der Waals surface area contributed by atoms with Crippen LogP contribution in [-0.4, -0.2) is 30.7 Å². The van der Waals surface area contributed by atoms with Crippen molar-refractivity contribution in [3.8, 4) is 5.69 Å². The van der Waals surface area contributed by atoms with Crippen LogP contribution < -0.4 is 11.1 Å². The molecule has 0 saturated carbocycles. The first-order chi connectivity index (χ1) is 13.1. The lowest BCUT2D eigenvalue weighted by Gasteiger charge is -2.09. The summed E-state index contributed by atoms with van der Waals surface area (Å²) in [6.45, 7) is 2.15. The number of rotatable bonds is 5. The van der Waals surface area contributed by atoms with E-state index in [0.29, 0.717) is 16.8 Å². The highest BCUT2D eigenvalue weighted by Crippen LogP contribution is 2.18. The number of hydrogen-bond donors (Lipinski definition) is 1. The largest absolute Gasteiger partial charge is 0.419 e. The van der Waals surface area contributed by atoms with Crippen LogP contribution in [0.25, 0.3) is 16.8 Å². The number of benzene rings is 2. The number of para-hydroxylation sites is 2. The lowest BCUT2D eigenvalue weighted by atomic mass is 10.1. The molecule has 0 atom stereocenters. The smallest absolute Gasteiger partial charge is 0.408 e. The zero-order chi connectivity index (χ0) is 18.8. The van der Waals surface area contributed by atoms with Crippen molar-refractivity contribution in [1.82, 2.24) is 24.8 Å². The number of nitrogens with zero attached hydrogens (tertiary/aromatic N) is 5. The molecule has 4 aromatic rings. The van der Waals surface area contributed by atoms with Gasteiger partial charge >= 0.3 is 5.76 Å². The van der Waals surface area contributed by atoms with Gasteiger partial charge < -0.3 is 9.73 Å². The van der Waals surface area contributed by atoms with Gasteiger partial charge in [0.2, 0.25) is 5.91 Å². The molecule has 0 aliphatic rings. The SMILES string of the molecule is Cc1cc(NC(=O)CCn2c(=O)oc3ccccc32)ccc1-n1cnnn1. The summed E-state index contributed by atoms with van der Waals surface area (Å²) in [6, 6.07) is 12.6. The summed E-state index contributed by atoms with van der Waals surface area (Å²) in [5.74, 6) is -0.660. The highest BCUT2D eigenvalue weighted by atomic mass is 16.4. The lowest BCUT2D eigenvalue weighted by Crippen LogP contribution is -2.19. The van der Waals surface area contributed by atoms with Crippen LogP contribution in [0.15, 0.2) is 58.0 Å². The van der Waals surface area contributed by atoms with Crippen molar-refractivity contribution in [2.24, 2.45) is 0 Å². The molecule has 136 valence electrons. The van der Waals surface area contributed by atoms with Crippen LogP contribution >= 0.6 is 0 Å². The van der Waals surface area contributed by atoms with Crippen LogP contribution in [0.2, 0.25) is 0 Å². The maximum absolute atomic E-state index is 12.3. The predicted molar refractivity (Wildman–Crippen MR) is 97.6 cm³/mol. The van der Waals surface area contributed by atoms with E-state index in [1.165, 1.54) is 10.9 Å². The Balaban J connectivity index is 1.44. The van der Waals surface area contributed by atoms with Crippen LogP contribution in [-0.2, 0) is 11.3 Å². The normalized spacial score (nSPS) is 11.0. The fourth-order valence-electron chi connectivity index (χ4n) is 2.92. The molecule has 0 fully saturated rings. The van der Waals surface area contributed by atoms with Gasteiger partial charge in [-0.05, 0) is 53.2 Å². The molecule has 0 spiro atoms. The summed E-state index contributed by atoms with van der Waals surface area (Å²) in [5.41, 5.74) is 3.60. The van der Waals surface area contributed by atoms with Gasteiger partial charge in [-0.2, -0.15) is 0 Å². The fourth-order valence-corrected chi connectivity index (χ4v) is 2.92. The van der Waals surface area contributed by atoms with Crippen molar-refractivity contribution >= 4 is 22.7 Å². The monoisotopic (exact) mass is 364 g/mol. The predicted octanol–water partition coefficient (Wildman–Crippen LogP) is 1.91. The maximum atomic E-state index is 12.3. The Morgan fingerprint density at radius 2 is 2.07 bits per heavy atom. The van der Waals surface area contributed by atoms with Crippen molar-refractivity contribution in [3.63, 3.8) is 0 Å². The molecule has 9 heteroatoms. The highest BCUT2D eigenvalue weighted by molar-refractivity contribution is 5.91. The van der Waals surface area contributed by atoms with E-state index in [2.05, 4.69) is 20.8 Å². The lowest BCUT2D eigenvalue weighted by molar-refractivity contribution is -0.116. The first kappa shape index (κ1) is 16.7. The molecule has 1 N–H and O–H groups in total. The molecule has 1 amide bonds. The van der Waals surface area contributed by atoms with Gasteiger partial charge in [-0.3, -0.25) is 9.36 Å². The summed E-state index contributed by atoms with van der Waals surface area (Å²) < 4.78 is 8.18. The van der Waals surface area contributed by atoms with E-state index in [1.54, 1.807) is 28.9 Å². The number of nitrogens with one attached hydrogen (secondary N) is 1. The standard InChI is InChI=1S/C18H16N6O3/c1-12-10-13(6-7-14(12)24-11-19-21-22-24)20-17(25)8-9-23-15-4-2-3-5-16(15)27-18(23)26/h2-7,10-11H,8-9H2,1H3,(H,20,25). The van der Waals surface area contributed by atoms with Crippen molar-refractivity contribution in [1.29, 1.82) is 0 Å². The van der Waals surface area contributed by atoms with E-state index in [1.807, 2.05) is 25.1 Å². The number of anilines is 1. The van der Waals surface area contributed by atoms with Gasteiger partial charge in [0, 0.05) is 18.7 Å². The van der Waals surface area contributed by atoms with Crippen molar-refractivity contribution in [2.75, 3.05) is 5.32 Å². The molecule has 9 nitrogen and oxygen atoms in total. The maximum Gasteiger partial charge on any atom is 0.419 e. The van der Waals surface area contributed by atoms with E-state index in [0.717, 1.165) is 11.3 Å². The summed E-state index contributed by atoms with van der Waals surface area (Å²) in [7, 11) is 0. The van der Waals surface area contributed by atoms with E-state index in [-0.39, 0.29) is 18.9 Å². The fraction of sp³-hybridized carbons (Fsp3) is 0.167. The minimum absolute atomic E-state index is 0.150. The number of hydrogen-bond acceptors (Lipinski definition) is 6. The Morgan fingerprint density at radius 1 is 1.22 bits per heavy atom. The van der Waals surface area contributed by atoms with E-state index in [9.17, 15) is 9.59 Å². The number of aryl methyl sites for hydroxylation is 2. The van der Waals surface area contributed by atoms with E-state index in [4.69, 9.17) is 4.42 Å². The second-order valence-electron chi connectivity index (χ2n) is 6.04. The second-order valence-corrected chi connectivity index (χ2v) is 6.04. The number of fused-ring (bicyclic) bond motifs is 1. The van der Waals surface area contributed by atoms with Crippen LogP contribution in [0.3, 0.4) is 0 Å². The zero-order valence-corrected chi connectivity index (χ0v) is 14.5. The number of amides is 1. The van der Waals surface area contributed by atoms with E-state index >= 15 is 0 Å². The molecule has 2 aromatic carbocycles. The topological polar surface area (TPSA) is 108 Å². The Bertz CT molecular complexity index is 1160. The first-order valence-corrected chi connectivity index (χ1v) is 8.34. The Kier molecular flexibility index (Phi) is 4.25. The Labute approximate surface area is 153 Å². The van der Waals surface area contributed by atoms with Crippen molar-refractivity contribution < 1.29 is 9.21 Å². The van der Waals surface area contributed by atoms with Gasteiger partial charge in [-0.1, -0.05) is 12.1 Å². The third-order valence-corrected chi connectivity index (χ3v) is 4.21. The molecule has 0 radical (unpaired) electrons. The molecular formula is C18H16N6O3. The van der Waals surface area contributed by atoms with Crippen molar-refractivity contribution in [3.05, 3.63) is 64.9 Å². The Hall–Kier alpha value is -3.75. The van der Waals surface area contributed by atoms with Gasteiger partial charge in [0.15, 0.2) is 5.58 Å². The van der Waals surface area contributed by atoms with Gasteiger partial charge in [-0.25, -0.2) is 9.48 Å². The minimum Gasteiger partial charge on any atom is -0.408 e. The summed E-state index contributed by atoms with van der Waals surface area (Å²) in [5, 5.41) is 13.9. The van der Waals surface area contributed by atoms with Crippen LogP contribution in [0, 0.1) is 6.92 Å². The number of tetrazole rings is 1. The highest BCUT2D eigenvalue weighted by Gasteiger charge is 2.11. The average Bonchev–Trinajstić information content (AvgIpc) is 3.27. The second kappa shape index (κ2) is 6.87. The van der Waals surface area contributed by atoms with Gasteiger partial charge in [0.25, 0.3) is 0 Å². The first-order valence-electron chi connectivity index (χ1n) is 8.34. The number of aromatic nitrogens is 5. The molecule has 2 aromatic heterocycles. The summed E-state index contributed by atoms with van der Waals surface area (Å²) in [6.07, 6.45) is 1.66. The number of carbonyl (C=O) groups is 1. The molecule has 27 heavy (non-hydrogen) atoms. The third kappa shape index (κ3) is 3.34. The summed E-state index contributed by atoms with van der Waals surface area (Å²) >= 11 is 0. The quantitative estimate of drug-likeness (QED) is 0.579. The minimum atomic E-state index is -0.467. The molecule has 0 saturated heterocycles. The average molecular weight is 364 g/mol. The Morgan fingerprint density at radius 3 is 2.85 bits per heavy atom. The summed E-state index contributed by atoms with van der Waals surface area (Å²) in [4.78, 5) is 24.2. The molecular weight excluding hydrogens is 348 g/mol. The van der Waals surface area contributed by atoms with Crippen LogP contribution in [0.4, 0.5) is 5.69 Å². The van der Waals surface area contributed by atoms with Crippen molar-refractivity contribution in [2.45, 2.75) is 19.9 Å². The molecule has 0 bridgehead atoms. The van der Waals surface area contributed by atoms with Crippen LogP contribution in [0.1, 0.15) is 12.0 Å². The van der Waals surface area contributed by atoms with Gasteiger partial charge in [-0.15, -0.1) is 5.10 Å². The van der Waals surface area contributed by atoms with Gasteiger partial charge in [0.1, 0.15) is 6.33 Å². The van der Waals surface area contributed by atoms with Crippen LogP contribution in [0.5, 0.6) is 0 Å². The molecule has 0 aliphatic heterocycles. The number of oxazole rings is 1. The molecule has 0 aliphatic carbocycles. The third-order valence-electron chi connectivity index (χ3n) is 4.21. The molecule has 4 rings (SSSR count). The van der Waals surface area contributed by atoms with E-state index < -0.39 is 5.76 Å². The molecule has 2 heterocycles. The van der Waals surface area contributed by atoms with Gasteiger partial charge in [0.05, 0.1) is 11.2 Å². The number of carbonyl (C=O) groups excluding carboxylic acids is 1. The molecule has 0 unspecified atom stereocenters. The zero-order valence-electron chi connectivity index (χ0n) is 14.5.